The predicted octanol–water partition coefficient (Wildman–Crippen LogP) is 5.67. The minimum atomic E-state index is 0.717. The summed E-state index contributed by atoms with van der Waals surface area (Å²) in [6.07, 6.45) is 7.60. The van der Waals surface area contributed by atoms with Gasteiger partial charge in [0, 0.05) is 0 Å². The van der Waals surface area contributed by atoms with Crippen LogP contribution in [0.25, 0.3) is 21.5 Å². The van der Waals surface area contributed by atoms with E-state index in [1.807, 2.05) is 0 Å². The Morgan fingerprint density at radius 3 is 2.24 bits per heavy atom. The lowest BCUT2D eigenvalue weighted by atomic mass is 9.83. The highest BCUT2D eigenvalue weighted by atomic mass is 14.4. The molecule has 2 bridgehead atoms. The van der Waals surface area contributed by atoms with E-state index in [-0.39, 0.29) is 0 Å². The SMILES string of the molecule is C1=CC2CC1CC2c1cc2ccccc2c2ccccc12. The molecule has 21 heavy (non-hydrogen) atoms. The van der Waals surface area contributed by atoms with Crippen molar-refractivity contribution >= 4 is 21.5 Å². The Hall–Kier alpha value is -2.08. The Labute approximate surface area is 125 Å². The molecule has 0 heteroatoms. The maximum absolute atomic E-state index is 2.46. The van der Waals surface area contributed by atoms with Gasteiger partial charge >= 0.3 is 0 Å². The van der Waals surface area contributed by atoms with Crippen molar-refractivity contribution in [3.8, 4) is 0 Å². The molecule has 0 aromatic heterocycles. The second kappa shape index (κ2) is 4.21. The van der Waals surface area contributed by atoms with Crippen LogP contribution >= 0.6 is 0 Å². The van der Waals surface area contributed by atoms with Gasteiger partial charge in [-0.2, -0.15) is 0 Å². The molecule has 3 unspecified atom stereocenters. The van der Waals surface area contributed by atoms with Crippen LogP contribution in [-0.4, -0.2) is 0 Å². The molecule has 0 aliphatic heterocycles. The first-order valence-electron chi connectivity index (χ1n) is 7.99. The lowest BCUT2D eigenvalue weighted by molar-refractivity contribution is 0.590. The van der Waals surface area contributed by atoms with Gasteiger partial charge in [0.2, 0.25) is 0 Å². The second-order valence-corrected chi connectivity index (χ2v) is 6.62. The zero-order chi connectivity index (χ0) is 13.8. The van der Waals surface area contributed by atoms with Gasteiger partial charge in [-0.25, -0.2) is 0 Å². The molecule has 1 saturated carbocycles. The van der Waals surface area contributed by atoms with Gasteiger partial charge in [0.25, 0.3) is 0 Å². The predicted molar refractivity (Wildman–Crippen MR) is 89.5 cm³/mol. The standard InChI is InChI=1S/C21H18/c1-2-6-17-15(5-1)13-21(19-8-4-3-7-18(17)19)20-12-14-9-10-16(20)11-14/h1-10,13-14,16,20H,11-12H2. The Morgan fingerprint density at radius 1 is 0.714 bits per heavy atom. The molecule has 0 N–H and O–H groups in total. The van der Waals surface area contributed by atoms with Gasteiger partial charge in [-0.1, -0.05) is 66.7 Å². The summed E-state index contributed by atoms with van der Waals surface area (Å²) in [5.74, 6) is 2.30. The average Bonchev–Trinajstić information content (AvgIpc) is 3.17. The van der Waals surface area contributed by atoms with E-state index < -0.39 is 0 Å². The minimum absolute atomic E-state index is 0.717. The summed E-state index contributed by atoms with van der Waals surface area (Å²) in [4.78, 5) is 0. The second-order valence-electron chi connectivity index (χ2n) is 6.62. The number of hydrogen-bond donors (Lipinski definition) is 0. The minimum Gasteiger partial charge on any atom is -0.0851 e. The summed E-state index contributed by atoms with van der Waals surface area (Å²) >= 11 is 0. The fourth-order valence-electron chi connectivity index (χ4n) is 4.53. The van der Waals surface area contributed by atoms with Crippen molar-refractivity contribution in [2.75, 3.05) is 0 Å². The van der Waals surface area contributed by atoms with Crippen LogP contribution < -0.4 is 0 Å². The third-order valence-corrected chi connectivity index (χ3v) is 5.48. The Kier molecular flexibility index (Phi) is 2.32. The van der Waals surface area contributed by atoms with Gasteiger partial charge < -0.3 is 0 Å². The monoisotopic (exact) mass is 270 g/mol. The van der Waals surface area contributed by atoms with Crippen LogP contribution in [0.5, 0.6) is 0 Å². The molecule has 0 heterocycles. The maximum atomic E-state index is 2.46. The lowest BCUT2D eigenvalue weighted by Gasteiger charge is -2.21. The first-order chi connectivity index (χ1) is 10.4. The molecule has 102 valence electrons. The highest BCUT2D eigenvalue weighted by Gasteiger charge is 2.37. The van der Waals surface area contributed by atoms with Crippen LogP contribution in [0.4, 0.5) is 0 Å². The summed E-state index contributed by atoms with van der Waals surface area (Å²) < 4.78 is 0. The van der Waals surface area contributed by atoms with Crippen molar-refractivity contribution in [3.63, 3.8) is 0 Å². The molecule has 3 aromatic rings. The number of benzene rings is 3. The molecular formula is C21H18. The van der Waals surface area contributed by atoms with E-state index in [2.05, 4.69) is 66.7 Å². The molecule has 0 nitrogen and oxygen atoms in total. The fraction of sp³-hybridized carbons (Fsp3) is 0.238. The Morgan fingerprint density at radius 2 is 1.48 bits per heavy atom. The molecule has 0 spiro atoms. The molecule has 3 aromatic carbocycles. The van der Waals surface area contributed by atoms with Crippen molar-refractivity contribution in [2.45, 2.75) is 18.8 Å². The zero-order valence-electron chi connectivity index (χ0n) is 12.0. The van der Waals surface area contributed by atoms with Crippen molar-refractivity contribution in [1.82, 2.24) is 0 Å². The van der Waals surface area contributed by atoms with Crippen LogP contribution in [-0.2, 0) is 0 Å². The van der Waals surface area contributed by atoms with E-state index in [4.69, 9.17) is 0 Å². The van der Waals surface area contributed by atoms with Gasteiger partial charge in [-0.05, 0) is 57.7 Å². The number of allylic oxidation sites excluding steroid dienone is 2. The quantitative estimate of drug-likeness (QED) is 0.394. The van der Waals surface area contributed by atoms with Crippen molar-refractivity contribution in [2.24, 2.45) is 11.8 Å². The van der Waals surface area contributed by atoms with Crippen LogP contribution in [0.1, 0.15) is 24.3 Å². The van der Waals surface area contributed by atoms with Crippen LogP contribution in [0.2, 0.25) is 0 Å². The number of hydrogen-bond acceptors (Lipinski definition) is 0. The van der Waals surface area contributed by atoms with E-state index >= 15 is 0 Å². The first kappa shape index (κ1) is 11.6. The van der Waals surface area contributed by atoms with E-state index in [0.717, 1.165) is 17.8 Å². The van der Waals surface area contributed by atoms with Crippen LogP contribution in [0, 0.1) is 11.8 Å². The van der Waals surface area contributed by atoms with Gasteiger partial charge in [0.1, 0.15) is 0 Å². The molecular weight excluding hydrogens is 252 g/mol. The maximum Gasteiger partial charge on any atom is -0.00868 e. The molecule has 2 aliphatic rings. The first-order valence-corrected chi connectivity index (χ1v) is 7.99. The molecule has 0 radical (unpaired) electrons. The van der Waals surface area contributed by atoms with Crippen molar-refractivity contribution in [3.05, 3.63) is 72.3 Å². The Balaban J connectivity index is 1.84. The highest BCUT2D eigenvalue weighted by molar-refractivity contribution is 6.09. The van der Waals surface area contributed by atoms with Crippen molar-refractivity contribution < 1.29 is 0 Å². The van der Waals surface area contributed by atoms with Crippen LogP contribution in [0.3, 0.4) is 0 Å². The smallest absolute Gasteiger partial charge is 0.00868 e. The van der Waals surface area contributed by atoms with Gasteiger partial charge in [0.05, 0.1) is 0 Å². The molecule has 1 fully saturated rings. The molecule has 5 rings (SSSR count). The summed E-state index contributed by atoms with van der Waals surface area (Å²) in [5.41, 5.74) is 1.57. The lowest BCUT2D eigenvalue weighted by Crippen LogP contribution is -2.05. The van der Waals surface area contributed by atoms with E-state index in [0.29, 0.717) is 0 Å². The molecule has 3 atom stereocenters. The van der Waals surface area contributed by atoms with E-state index in [1.165, 1.54) is 34.4 Å². The van der Waals surface area contributed by atoms with Gasteiger partial charge in [-0.3, -0.25) is 0 Å². The molecule has 0 saturated heterocycles. The molecule has 0 amide bonds. The summed E-state index contributed by atoms with van der Waals surface area (Å²) in [6.45, 7) is 0. The van der Waals surface area contributed by atoms with Crippen molar-refractivity contribution in [1.29, 1.82) is 0 Å². The molecule has 2 aliphatic carbocycles. The van der Waals surface area contributed by atoms with Gasteiger partial charge in [-0.15, -0.1) is 0 Å². The summed E-state index contributed by atoms with van der Waals surface area (Å²) in [7, 11) is 0. The highest BCUT2D eigenvalue weighted by Crippen LogP contribution is 2.50. The summed E-state index contributed by atoms with van der Waals surface area (Å²) in [5, 5.41) is 5.65. The van der Waals surface area contributed by atoms with Gasteiger partial charge in [0.15, 0.2) is 0 Å². The Bertz CT molecular complexity index is 871. The largest absolute Gasteiger partial charge is 0.0851 e. The van der Waals surface area contributed by atoms with E-state index in [9.17, 15) is 0 Å². The topological polar surface area (TPSA) is 0 Å². The zero-order valence-corrected chi connectivity index (χ0v) is 12.0. The third kappa shape index (κ3) is 1.62. The average molecular weight is 270 g/mol. The fourth-order valence-corrected chi connectivity index (χ4v) is 4.53. The number of rotatable bonds is 1. The number of fused-ring (bicyclic) bond motifs is 5. The van der Waals surface area contributed by atoms with E-state index in [1.54, 1.807) is 5.56 Å². The normalized spacial score (nSPS) is 27.0. The van der Waals surface area contributed by atoms with Crippen LogP contribution in [0.15, 0.2) is 66.7 Å². The third-order valence-electron chi connectivity index (χ3n) is 5.48. The summed E-state index contributed by atoms with van der Waals surface area (Å²) in [6, 6.07) is 20.2.